The van der Waals surface area contributed by atoms with E-state index in [1.807, 2.05) is 0 Å². The second-order valence-corrected chi connectivity index (χ2v) is 3.94. The van der Waals surface area contributed by atoms with Crippen LogP contribution in [0.5, 0.6) is 0 Å². The van der Waals surface area contributed by atoms with Gasteiger partial charge in [0.25, 0.3) is 0 Å². The number of hydroxylamine groups is 3. The number of rotatable bonds is 2. The number of quaternary nitrogens is 1. The summed E-state index contributed by atoms with van der Waals surface area (Å²) in [5, 5.41) is 20.6. The van der Waals surface area contributed by atoms with Gasteiger partial charge in [-0.2, -0.15) is 5.21 Å². The number of carboxylic acid groups (broad SMARTS) is 1. The Morgan fingerprint density at radius 1 is 1.22 bits per heavy atom. The highest BCUT2D eigenvalue weighted by molar-refractivity contribution is 6.13. The summed E-state index contributed by atoms with van der Waals surface area (Å²) in [6.45, 7) is 1.13. The fraction of sp³-hybridized carbons (Fsp3) is 0.0833. The van der Waals surface area contributed by atoms with Crippen LogP contribution in [0.1, 0.15) is 27.6 Å². The number of hydrogen-bond acceptors (Lipinski definition) is 5. The van der Waals surface area contributed by atoms with Gasteiger partial charge in [-0.1, -0.05) is 12.1 Å². The van der Waals surface area contributed by atoms with Crippen molar-refractivity contribution in [1.82, 2.24) is 0 Å². The fourth-order valence-electron chi connectivity index (χ4n) is 1.77. The molecule has 0 aliphatic carbocycles. The van der Waals surface area contributed by atoms with Gasteiger partial charge in [-0.05, 0) is 23.7 Å². The minimum atomic E-state index is -1.70. The second kappa shape index (κ2) is 3.86. The molecule has 1 aromatic rings. The Morgan fingerprint density at radius 3 is 2.06 bits per heavy atom. The average molecular weight is 247 g/mol. The number of carbonyl (C=O) groups excluding carboxylic acids is 3. The smallest absolute Gasteiger partial charge is 0.391 e. The molecule has 1 heterocycles. The van der Waals surface area contributed by atoms with Crippen LogP contribution in [0, 0.1) is 0 Å². The van der Waals surface area contributed by atoms with E-state index in [9.17, 15) is 24.7 Å². The van der Waals surface area contributed by atoms with E-state index >= 15 is 0 Å². The lowest BCUT2D eigenvalue weighted by molar-refractivity contribution is -0.921. The van der Waals surface area contributed by atoms with Crippen LogP contribution in [-0.2, 0) is 4.79 Å². The number of imide groups is 1. The van der Waals surface area contributed by atoms with Crippen LogP contribution in [0.25, 0.3) is 0 Å². The molecular weight excluding hydrogens is 238 g/mol. The third-order valence-electron chi connectivity index (χ3n) is 2.71. The van der Waals surface area contributed by atoms with Gasteiger partial charge >= 0.3 is 11.8 Å². The third kappa shape index (κ3) is 1.55. The monoisotopic (exact) mass is 247 g/mol. The van der Waals surface area contributed by atoms with Crippen molar-refractivity contribution in [3.05, 3.63) is 47.2 Å². The zero-order valence-electron chi connectivity index (χ0n) is 9.41. The molecule has 0 saturated carbocycles. The van der Waals surface area contributed by atoms with Gasteiger partial charge in [0.2, 0.25) is 0 Å². The van der Waals surface area contributed by atoms with Gasteiger partial charge in [-0.15, -0.1) is 0 Å². The molecule has 6 nitrogen and oxygen atoms in total. The van der Waals surface area contributed by atoms with E-state index in [0.717, 1.165) is 6.92 Å². The summed E-state index contributed by atoms with van der Waals surface area (Å²) in [5.74, 6) is -3.31. The molecule has 1 N–H and O–H groups in total. The van der Waals surface area contributed by atoms with E-state index in [0.29, 0.717) is 6.20 Å². The molecule has 0 atom stereocenters. The molecule has 18 heavy (non-hydrogen) atoms. The molecule has 0 radical (unpaired) electrons. The maximum absolute atomic E-state index is 11.9. The molecule has 0 saturated heterocycles. The summed E-state index contributed by atoms with van der Waals surface area (Å²) < 4.78 is -1.70. The molecule has 0 bridgehead atoms. The predicted molar refractivity (Wildman–Crippen MR) is 55.9 cm³/mol. The van der Waals surface area contributed by atoms with Crippen molar-refractivity contribution in [2.45, 2.75) is 6.92 Å². The van der Waals surface area contributed by atoms with Gasteiger partial charge in [0.05, 0.1) is 5.97 Å². The largest absolute Gasteiger partial charge is 0.545 e. The van der Waals surface area contributed by atoms with Crippen molar-refractivity contribution in [2.75, 3.05) is 0 Å². The minimum absolute atomic E-state index is 0.0624. The highest BCUT2D eigenvalue weighted by Gasteiger charge is 2.53. The Bertz CT molecular complexity index is 567. The summed E-state index contributed by atoms with van der Waals surface area (Å²) in [6.07, 6.45) is 0.667. The van der Waals surface area contributed by atoms with E-state index in [2.05, 4.69) is 0 Å². The van der Waals surface area contributed by atoms with E-state index in [4.69, 9.17) is 0 Å². The van der Waals surface area contributed by atoms with E-state index in [-0.39, 0.29) is 11.1 Å². The Balaban J connectivity index is 2.57. The number of amides is 2. The first-order valence-corrected chi connectivity index (χ1v) is 5.09. The number of hydrogen-bond donors (Lipinski definition) is 1. The van der Waals surface area contributed by atoms with Gasteiger partial charge in [0.15, 0.2) is 6.20 Å². The zero-order chi connectivity index (χ0) is 13.5. The number of benzene rings is 1. The van der Waals surface area contributed by atoms with E-state index < -0.39 is 28.0 Å². The molecule has 1 aliphatic heterocycles. The average Bonchev–Trinajstić information content (AvgIpc) is 2.53. The van der Waals surface area contributed by atoms with Crippen molar-refractivity contribution in [1.29, 1.82) is 0 Å². The first-order chi connectivity index (χ1) is 8.38. The molecular formula is C12H9NO5. The minimum Gasteiger partial charge on any atom is -0.545 e. The highest BCUT2D eigenvalue weighted by Crippen LogP contribution is 2.29. The summed E-state index contributed by atoms with van der Waals surface area (Å²) in [7, 11) is 0. The third-order valence-corrected chi connectivity index (χ3v) is 2.71. The number of aliphatic carboxylic acids is 1. The molecule has 6 heteroatoms. The number of carbonyl (C=O) groups is 3. The molecule has 92 valence electrons. The van der Waals surface area contributed by atoms with Gasteiger partial charge in [0.1, 0.15) is 11.1 Å². The molecule has 1 aromatic carbocycles. The molecule has 2 amide bonds. The van der Waals surface area contributed by atoms with Crippen LogP contribution >= 0.6 is 0 Å². The number of carboxylic acids is 1. The topological polar surface area (TPSA) is 94.5 Å². The molecule has 0 spiro atoms. The maximum Gasteiger partial charge on any atom is 0.391 e. The maximum atomic E-state index is 11.9. The van der Waals surface area contributed by atoms with Gasteiger partial charge < -0.3 is 9.90 Å². The SMILES string of the molecule is CC(=C[N+]1(O)C(=O)c2ccccc2C1=O)C(=O)[O-]. The number of nitrogens with zero attached hydrogens (tertiary/aromatic N) is 1. The fourth-order valence-corrected chi connectivity index (χ4v) is 1.77. The molecule has 0 unspecified atom stereocenters. The van der Waals surface area contributed by atoms with Crippen LogP contribution in [0.2, 0.25) is 0 Å². The molecule has 2 rings (SSSR count). The molecule has 0 aromatic heterocycles. The zero-order valence-corrected chi connectivity index (χ0v) is 9.41. The first kappa shape index (κ1) is 12.2. The Kier molecular flexibility index (Phi) is 2.61. The van der Waals surface area contributed by atoms with Gasteiger partial charge in [-0.25, -0.2) is 9.59 Å². The van der Waals surface area contributed by atoms with Crippen LogP contribution in [0.15, 0.2) is 36.0 Å². The molecule has 0 fully saturated rings. The van der Waals surface area contributed by atoms with E-state index in [1.165, 1.54) is 12.1 Å². The summed E-state index contributed by atoms with van der Waals surface area (Å²) >= 11 is 0. The highest BCUT2D eigenvalue weighted by atomic mass is 16.6. The Hall–Kier alpha value is -2.31. The Labute approximate surface area is 102 Å². The van der Waals surface area contributed by atoms with E-state index in [1.54, 1.807) is 12.1 Å². The predicted octanol–water partition coefficient (Wildman–Crippen LogP) is -0.160. The quantitative estimate of drug-likeness (QED) is 0.339. The normalized spacial score (nSPS) is 17.8. The number of fused-ring (bicyclic) bond motifs is 1. The van der Waals surface area contributed by atoms with Crippen molar-refractivity contribution in [2.24, 2.45) is 0 Å². The van der Waals surface area contributed by atoms with Crippen molar-refractivity contribution < 1.29 is 29.3 Å². The lowest BCUT2D eigenvalue weighted by Crippen LogP contribution is -2.45. The van der Waals surface area contributed by atoms with Gasteiger partial charge in [0, 0.05) is 5.57 Å². The second-order valence-electron chi connectivity index (χ2n) is 3.94. The summed E-state index contributed by atoms with van der Waals surface area (Å²) in [4.78, 5) is 34.5. The summed E-state index contributed by atoms with van der Waals surface area (Å²) in [5.41, 5.74) is -0.271. The Morgan fingerprint density at radius 2 is 1.67 bits per heavy atom. The van der Waals surface area contributed by atoms with Crippen LogP contribution in [-0.4, -0.2) is 27.6 Å². The van der Waals surface area contributed by atoms with Crippen LogP contribution < -0.4 is 5.11 Å². The molecule has 1 aliphatic rings. The lowest BCUT2D eigenvalue weighted by atomic mass is 10.1. The van der Waals surface area contributed by atoms with Crippen molar-refractivity contribution >= 4 is 17.8 Å². The van der Waals surface area contributed by atoms with Crippen molar-refractivity contribution in [3.63, 3.8) is 0 Å². The van der Waals surface area contributed by atoms with Crippen LogP contribution in [0.3, 0.4) is 0 Å². The van der Waals surface area contributed by atoms with Crippen LogP contribution in [0.4, 0.5) is 0 Å². The summed E-state index contributed by atoms with van der Waals surface area (Å²) in [6, 6.07) is 5.89. The first-order valence-electron chi connectivity index (χ1n) is 5.09. The lowest BCUT2D eigenvalue weighted by Gasteiger charge is -2.15. The van der Waals surface area contributed by atoms with Crippen molar-refractivity contribution in [3.8, 4) is 0 Å². The standard InChI is InChI=1S/C12H9NO5/c1-7(12(16)17)6-13(18)10(14)8-4-2-3-5-9(8)11(13)15/h2-6,18H,1H3. The van der Waals surface area contributed by atoms with Gasteiger partial charge in [-0.3, -0.25) is 0 Å².